The number of nitrogens with one attached hydrogen (secondary N) is 6. The molecule has 5 amide bonds. The number of unbranched alkanes of at least 4 members (excludes halogenated alkanes) is 3. The molecule has 2 heterocycles. The van der Waals surface area contributed by atoms with Gasteiger partial charge in [0.25, 0.3) is 10.2 Å². The Bertz CT molecular complexity index is 4800. The molecule has 12 N–H and O–H groups in total. The SMILES string of the molecule is C/C(N)=N\O.CC(C)(C)OC(=O)NCCCC[C@H](NC(=O)OCc1ccccc1)C(=O)O.CC(C)c1ccc(-c2ccccc2)cc1.CC(C)c1ccc(F)cc1.COc1cc(C(C)C)cc(OC)c1OC.Cc1noc([C@H](CCCCNC(=O)OC(C)(C)C)NC(=O)OCc2ccccc2)n1.Cc1noc([C@H](CCCCNS(N)(=O)=O)NC(=O)OCc2ccccc2)n1. The highest BCUT2D eigenvalue weighted by Crippen LogP contribution is 2.40. The zero-order chi connectivity index (χ0) is 95.9. The standard InChI is InChI=1S/C21H30N4O5.C19H28N2O6.C16H23N5O5S.C15H16.C12H18O3.C9H11F.C2H6N2O/c1-15-23-18(30-25-15)17(12-8-9-13-22-19(26)29-21(2,3)4)24-20(27)28-14-16-10-6-5-7-11-16;1-19(2,3)27-17(24)20-12-8-7-11-15(16(22)23)21-18(25)26-13-14-9-5-4-6-10-14;1-12-19-15(26-21-12)14(9-5-6-10-18-27(17,23)24)20-16(22)25-11-13-7-3-2-4-8-13;1-12(2)13-8-10-15(11-9-13)14-6-4-3-5-7-14;1-8(2)9-6-10(13-3)12(15-5)11(7-9)14-4;1-7(2)8-3-5-9(10)6-4-8;1-2(3)4-5/h5-7,10-11,17H,8-9,12-14H2,1-4H3,(H,22,26)(H,24,27);4-6,9-10,15H,7-8,11-13H2,1-3H3,(H,20,24)(H,21,25)(H,22,23);2-4,7-8,14,18H,5-6,9-11H2,1H3,(H,20,22)(H2,17,23,24);3-12H,1-2H3;6-8H,1-5H3;3-7H,1-2H3;5H,1H3,(H2,3,4)/t17-;15-;14-;;;;/m000..../s1. The van der Waals surface area contributed by atoms with E-state index in [1.54, 1.807) is 68.1 Å². The van der Waals surface area contributed by atoms with Gasteiger partial charge in [0.1, 0.15) is 60.8 Å². The maximum atomic E-state index is 12.4. The molecule has 129 heavy (non-hydrogen) atoms. The van der Waals surface area contributed by atoms with Crippen molar-refractivity contribution in [3.05, 3.63) is 245 Å². The van der Waals surface area contributed by atoms with E-state index in [1.165, 1.54) is 46.9 Å². The lowest BCUT2D eigenvalue weighted by atomic mass is 9.99. The van der Waals surface area contributed by atoms with Crippen molar-refractivity contribution >= 4 is 52.5 Å². The lowest BCUT2D eigenvalue weighted by molar-refractivity contribution is -0.139. The molecular formula is C94H132FN13O20S. The Labute approximate surface area is 757 Å². The highest BCUT2D eigenvalue weighted by Gasteiger charge is 2.26. The molecule has 33 nitrogen and oxygen atoms in total. The predicted molar refractivity (Wildman–Crippen MR) is 491 cm³/mol. The molecule has 0 saturated heterocycles. The van der Waals surface area contributed by atoms with Crippen LogP contribution in [0.3, 0.4) is 0 Å². The number of methoxy groups -OCH3 is 3. The number of carbonyl (C=O) groups excluding carboxylic acids is 5. The fourth-order valence-electron chi connectivity index (χ4n) is 11.0. The Hall–Kier alpha value is -12.9. The van der Waals surface area contributed by atoms with E-state index in [2.05, 4.69) is 147 Å². The van der Waals surface area contributed by atoms with Gasteiger partial charge in [0.15, 0.2) is 23.1 Å². The average Bonchev–Trinajstić information content (AvgIpc) is 1.29. The molecule has 7 aromatic carbocycles. The van der Waals surface area contributed by atoms with Crippen molar-refractivity contribution in [2.24, 2.45) is 16.0 Å². The summed E-state index contributed by atoms with van der Waals surface area (Å²) in [6.07, 6.45) is 1.92. The summed E-state index contributed by atoms with van der Waals surface area (Å²) in [6, 6.07) is 55.7. The highest BCUT2D eigenvalue weighted by molar-refractivity contribution is 7.87. The monoisotopic (exact) mass is 1810 g/mol. The molecule has 35 heteroatoms. The Morgan fingerprint density at radius 2 is 0.822 bits per heavy atom. The summed E-state index contributed by atoms with van der Waals surface area (Å²) >= 11 is 0. The smallest absolute Gasteiger partial charge is 0.408 e. The molecule has 706 valence electrons. The highest BCUT2D eigenvalue weighted by atomic mass is 32.2. The zero-order valence-corrected chi connectivity index (χ0v) is 78.1. The lowest BCUT2D eigenvalue weighted by Gasteiger charge is -2.19. The number of alkyl carbamates (subject to hydrolysis) is 5. The van der Waals surface area contributed by atoms with Crippen molar-refractivity contribution in [1.82, 2.24) is 51.6 Å². The topological polar surface area (TPSA) is 465 Å². The Balaban J connectivity index is 0.000000406. The van der Waals surface area contributed by atoms with Gasteiger partial charge in [-0.2, -0.15) is 18.4 Å². The van der Waals surface area contributed by atoms with Gasteiger partial charge in [-0.05, 0) is 207 Å². The van der Waals surface area contributed by atoms with Crippen LogP contribution < -0.4 is 56.4 Å². The Morgan fingerprint density at radius 3 is 1.14 bits per heavy atom. The zero-order valence-electron chi connectivity index (χ0n) is 77.3. The van der Waals surface area contributed by atoms with Gasteiger partial charge in [0.2, 0.25) is 17.5 Å². The van der Waals surface area contributed by atoms with Crippen molar-refractivity contribution < 1.29 is 98.8 Å². The number of hydrogen-bond acceptors (Lipinski definition) is 24. The van der Waals surface area contributed by atoms with E-state index in [9.17, 15) is 46.7 Å². The largest absolute Gasteiger partial charge is 0.493 e. The number of aryl methyl sites for hydroxylation is 2. The van der Waals surface area contributed by atoms with E-state index in [1.807, 2.05) is 130 Å². The molecular weight excluding hydrogens is 1680 g/mol. The van der Waals surface area contributed by atoms with Crippen LogP contribution in [-0.4, -0.2) is 139 Å². The summed E-state index contributed by atoms with van der Waals surface area (Å²) in [5.41, 5.74) is 12.6. The van der Waals surface area contributed by atoms with Crippen molar-refractivity contribution in [3.8, 4) is 28.4 Å². The summed E-state index contributed by atoms with van der Waals surface area (Å²) in [7, 11) is 1.15. The molecule has 9 rings (SSSR count). The van der Waals surface area contributed by atoms with Gasteiger partial charge in [-0.1, -0.05) is 215 Å². The molecule has 0 radical (unpaired) electrons. The molecule has 0 saturated carbocycles. The Kier molecular flexibility index (Phi) is 51.3. The number of aliphatic carboxylic acids is 1. The van der Waals surface area contributed by atoms with Gasteiger partial charge in [-0.3, -0.25) is 0 Å². The van der Waals surface area contributed by atoms with Crippen LogP contribution >= 0.6 is 0 Å². The molecule has 2 aromatic heterocycles. The van der Waals surface area contributed by atoms with Crippen LogP contribution in [0, 0.1) is 19.7 Å². The number of carbonyl (C=O) groups is 6. The third kappa shape index (κ3) is 50.3. The van der Waals surface area contributed by atoms with E-state index >= 15 is 0 Å². The van der Waals surface area contributed by atoms with Crippen LogP contribution in [0.4, 0.5) is 28.4 Å². The summed E-state index contributed by atoms with van der Waals surface area (Å²) in [6.45, 7) is 29.9. The van der Waals surface area contributed by atoms with Gasteiger partial charge in [-0.15, -0.1) is 0 Å². The summed E-state index contributed by atoms with van der Waals surface area (Å²) in [5, 5.41) is 44.9. The van der Waals surface area contributed by atoms with Crippen LogP contribution in [0.15, 0.2) is 196 Å². The first kappa shape index (κ1) is 110. The van der Waals surface area contributed by atoms with Crippen LogP contribution in [0.1, 0.15) is 234 Å². The second-order valence-electron chi connectivity index (χ2n) is 32.0. The summed E-state index contributed by atoms with van der Waals surface area (Å²) < 4.78 is 88.2. The quantitative estimate of drug-likeness (QED) is 0.00440. The number of carboxylic acids is 1. The van der Waals surface area contributed by atoms with Crippen molar-refractivity contribution in [2.75, 3.05) is 41.0 Å². The number of aromatic nitrogens is 4. The number of nitrogens with two attached hydrogens (primary N) is 2. The first-order chi connectivity index (χ1) is 61.1. The fourth-order valence-corrected chi connectivity index (χ4v) is 11.4. The number of amidine groups is 1. The Morgan fingerprint density at radius 1 is 0.481 bits per heavy atom. The number of carboxylic acid groups (broad SMARTS) is 1. The minimum atomic E-state index is -3.71. The van der Waals surface area contributed by atoms with Crippen molar-refractivity contribution in [2.45, 2.75) is 229 Å². The number of rotatable bonds is 35. The van der Waals surface area contributed by atoms with Gasteiger partial charge in [0.05, 0.1) is 21.3 Å². The van der Waals surface area contributed by atoms with Gasteiger partial charge in [-0.25, -0.2) is 43.0 Å². The normalized spacial score (nSPS) is 11.6. The molecule has 0 bridgehead atoms. The number of ether oxygens (including phenoxy) is 8. The van der Waals surface area contributed by atoms with Crippen LogP contribution in [-0.2, 0) is 58.5 Å². The lowest BCUT2D eigenvalue weighted by Crippen LogP contribution is -2.41. The molecule has 0 aliphatic heterocycles. The minimum Gasteiger partial charge on any atom is -0.493 e. The molecule has 9 aromatic rings. The van der Waals surface area contributed by atoms with Gasteiger partial charge < -0.3 is 89.6 Å². The molecule has 0 aliphatic rings. The minimum absolute atomic E-state index is 0.0683. The van der Waals surface area contributed by atoms with Crippen molar-refractivity contribution in [3.63, 3.8) is 0 Å². The van der Waals surface area contributed by atoms with Crippen LogP contribution in [0.2, 0.25) is 0 Å². The third-order valence-electron chi connectivity index (χ3n) is 17.6. The first-order valence-electron chi connectivity index (χ1n) is 42.2. The number of hydrogen-bond donors (Lipinski definition) is 10. The van der Waals surface area contributed by atoms with E-state index < -0.39 is 76.0 Å². The summed E-state index contributed by atoms with van der Waals surface area (Å²) in [5.74, 6) is 4.00. The van der Waals surface area contributed by atoms with Crippen molar-refractivity contribution in [1.29, 1.82) is 0 Å². The summed E-state index contributed by atoms with van der Waals surface area (Å²) in [4.78, 5) is 78.9. The van der Waals surface area contributed by atoms with Gasteiger partial charge in [0, 0.05) is 19.6 Å². The molecule has 0 fully saturated rings. The molecule has 3 atom stereocenters. The number of nitrogens with zero attached hydrogens (tertiary/aromatic N) is 5. The van der Waals surface area contributed by atoms with E-state index in [-0.39, 0.29) is 50.3 Å². The van der Waals surface area contributed by atoms with Gasteiger partial charge >= 0.3 is 36.4 Å². The average molecular weight is 1820 g/mol. The maximum Gasteiger partial charge on any atom is 0.408 e. The number of halogens is 1. The second-order valence-corrected chi connectivity index (χ2v) is 33.3. The predicted octanol–water partition coefficient (Wildman–Crippen LogP) is 18.4. The maximum absolute atomic E-state index is 12.4. The number of benzene rings is 7. The number of oxime groups is 1. The van der Waals surface area contributed by atoms with E-state index in [4.69, 9.17) is 63.0 Å². The molecule has 0 spiro atoms. The van der Waals surface area contributed by atoms with Crippen LogP contribution in [0.25, 0.3) is 11.1 Å². The number of amides is 5. The van der Waals surface area contributed by atoms with E-state index in [0.717, 1.165) is 16.7 Å². The van der Waals surface area contributed by atoms with E-state index in [0.29, 0.717) is 117 Å². The molecule has 0 aliphatic carbocycles. The third-order valence-corrected chi connectivity index (χ3v) is 18.2. The fraction of sp³-hybridized carbons (Fsp3) is 0.436. The second kappa shape index (κ2) is 60.0. The molecule has 0 unspecified atom stereocenters. The first-order valence-corrected chi connectivity index (χ1v) is 43.8. The van der Waals surface area contributed by atoms with Crippen LogP contribution in [0.5, 0.6) is 17.2 Å².